The van der Waals surface area contributed by atoms with Gasteiger partial charge < -0.3 is 15.9 Å². The second-order valence-electron chi connectivity index (χ2n) is 4.25. The molecule has 2 rings (SSSR count). The van der Waals surface area contributed by atoms with Crippen LogP contribution in [0.2, 0.25) is 0 Å². The van der Waals surface area contributed by atoms with Gasteiger partial charge in [-0.05, 0) is 50.1 Å². The van der Waals surface area contributed by atoms with Gasteiger partial charge in [-0.1, -0.05) is 0 Å². The van der Waals surface area contributed by atoms with Crippen LogP contribution in [0.5, 0.6) is 0 Å². The summed E-state index contributed by atoms with van der Waals surface area (Å²) >= 11 is 0. The molecule has 0 radical (unpaired) electrons. The van der Waals surface area contributed by atoms with E-state index in [0.29, 0.717) is 29.5 Å². The minimum absolute atomic E-state index is 0.0719. The zero-order chi connectivity index (χ0) is 12.6. The molecule has 0 fully saturated rings. The zero-order valence-electron chi connectivity index (χ0n) is 10.0. The van der Waals surface area contributed by atoms with Crippen molar-refractivity contribution in [1.29, 1.82) is 0 Å². The highest BCUT2D eigenvalue weighted by Gasteiger charge is 2.12. The highest BCUT2D eigenvalue weighted by molar-refractivity contribution is 5.80. The Balaban J connectivity index is 2.83. The van der Waals surface area contributed by atoms with Gasteiger partial charge in [-0.2, -0.15) is 0 Å². The summed E-state index contributed by atoms with van der Waals surface area (Å²) in [5.41, 5.74) is 14.3. The molecule has 4 nitrogen and oxygen atoms in total. The van der Waals surface area contributed by atoms with Gasteiger partial charge in [0.1, 0.15) is 5.58 Å². The Morgan fingerprint density at radius 1 is 1.24 bits per heavy atom. The fourth-order valence-corrected chi connectivity index (χ4v) is 1.89. The molecule has 0 amide bonds. The van der Waals surface area contributed by atoms with Gasteiger partial charge in [-0.3, -0.25) is 4.79 Å². The van der Waals surface area contributed by atoms with E-state index in [2.05, 4.69) is 0 Å². The molecule has 0 saturated heterocycles. The second kappa shape index (κ2) is 4.22. The van der Waals surface area contributed by atoms with Crippen LogP contribution in [-0.2, 0) is 6.42 Å². The molecule has 0 aliphatic heterocycles. The molecule has 4 N–H and O–H groups in total. The molecule has 0 aliphatic rings. The zero-order valence-corrected chi connectivity index (χ0v) is 10.0. The Bertz CT molecular complexity index is 629. The Labute approximate surface area is 99.2 Å². The summed E-state index contributed by atoms with van der Waals surface area (Å²) in [6.45, 7) is 4.32. The van der Waals surface area contributed by atoms with Crippen molar-refractivity contribution < 1.29 is 4.42 Å². The Kier molecular flexibility index (Phi) is 2.90. The third kappa shape index (κ3) is 1.91. The van der Waals surface area contributed by atoms with Crippen LogP contribution in [-0.4, -0.2) is 6.54 Å². The number of hydrogen-bond acceptors (Lipinski definition) is 4. The molecule has 0 spiro atoms. The molecule has 1 aromatic heterocycles. The van der Waals surface area contributed by atoms with Crippen LogP contribution in [0.4, 0.5) is 5.88 Å². The first-order valence-corrected chi connectivity index (χ1v) is 5.57. The highest BCUT2D eigenvalue weighted by Crippen LogP contribution is 2.21. The molecule has 0 aliphatic carbocycles. The van der Waals surface area contributed by atoms with E-state index < -0.39 is 0 Å². The van der Waals surface area contributed by atoms with Crippen LogP contribution in [0.1, 0.15) is 16.7 Å². The van der Waals surface area contributed by atoms with Gasteiger partial charge in [0, 0.05) is 0 Å². The van der Waals surface area contributed by atoms with E-state index in [4.69, 9.17) is 15.9 Å². The van der Waals surface area contributed by atoms with Crippen LogP contribution in [0.15, 0.2) is 21.3 Å². The lowest BCUT2D eigenvalue weighted by Crippen LogP contribution is -2.16. The average molecular weight is 232 g/mol. The van der Waals surface area contributed by atoms with E-state index in [1.165, 1.54) is 0 Å². The molecule has 1 aromatic carbocycles. The van der Waals surface area contributed by atoms with Crippen molar-refractivity contribution in [2.45, 2.75) is 20.3 Å². The smallest absolute Gasteiger partial charge is 0.198 e. The van der Waals surface area contributed by atoms with E-state index in [9.17, 15) is 4.79 Å². The Morgan fingerprint density at radius 3 is 2.53 bits per heavy atom. The first-order chi connectivity index (χ1) is 8.04. The van der Waals surface area contributed by atoms with Crippen molar-refractivity contribution in [2.75, 3.05) is 12.3 Å². The summed E-state index contributed by atoms with van der Waals surface area (Å²) in [4.78, 5) is 12.2. The molecular formula is C13H16N2O2. The lowest BCUT2D eigenvalue weighted by Gasteiger charge is -2.07. The average Bonchev–Trinajstić information content (AvgIpc) is 2.28. The SMILES string of the molecule is Cc1cc2oc(N)c(CCN)c(=O)c2cc1C. The number of benzene rings is 1. The number of nitrogen functional groups attached to an aromatic ring is 1. The summed E-state index contributed by atoms with van der Waals surface area (Å²) in [6, 6.07) is 3.69. The van der Waals surface area contributed by atoms with Gasteiger partial charge in [0.05, 0.1) is 10.9 Å². The third-order valence-electron chi connectivity index (χ3n) is 3.03. The fourth-order valence-electron chi connectivity index (χ4n) is 1.89. The number of fused-ring (bicyclic) bond motifs is 1. The summed E-state index contributed by atoms with van der Waals surface area (Å²) in [5.74, 6) is 0.177. The monoisotopic (exact) mass is 232 g/mol. The predicted octanol–water partition coefficient (Wildman–Crippen LogP) is 1.49. The molecule has 1 heterocycles. The molecular weight excluding hydrogens is 216 g/mol. The molecule has 0 saturated carbocycles. The molecule has 90 valence electrons. The van der Waals surface area contributed by atoms with Crippen molar-refractivity contribution >= 4 is 16.9 Å². The van der Waals surface area contributed by atoms with Crippen molar-refractivity contribution in [3.05, 3.63) is 39.0 Å². The van der Waals surface area contributed by atoms with Gasteiger partial charge in [0.25, 0.3) is 0 Å². The summed E-state index contributed by atoms with van der Waals surface area (Å²) in [5, 5.41) is 0.575. The predicted molar refractivity (Wildman–Crippen MR) is 69.1 cm³/mol. The van der Waals surface area contributed by atoms with Crippen LogP contribution in [0.25, 0.3) is 11.0 Å². The highest BCUT2D eigenvalue weighted by atomic mass is 16.3. The molecule has 4 heteroatoms. The van der Waals surface area contributed by atoms with Crippen molar-refractivity contribution in [2.24, 2.45) is 5.73 Å². The van der Waals surface area contributed by atoms with Crippen LogP contribution in [0, 0.1) is 13.8 Å². The second-order valence-corrected chi connectivity index (χ2v) is 4.25. The first-order valence-electron chi connectivity index (χ1n) is 5.57. The molecule has 17 heavy (non-hydrogen) atoms. The van der Waals surface area contributed by atoms with Crippen LogP contribution >= 0.6 is 0 Å². The lowest BCUT2D eigenvalue weighted by atomic mass is 10.0. The van der Waals surface area contributed by atoms with E-state index in [-0.39, 0.29) is 11.3 Å². The van der Waals surface area contributed by atoms with Gasteiger partial charge >= 0.3 is 0 Å². The van der Waals surface area contributed by atoms with Crippen LogP contribution in [0.3, 0.4) is 0 Å². The summed E-state index contributed by atoms with van der Waals surface area (Å²) < 4.78 is 5.48. The summed E-state index contributed by atoms with van der Waals surface area (Å²) in [7, 11) is 0. The van der Waals surface area contributed by atoms with Gasteiger partial charge in [-0.25, -0.2) is 0 Å². The standard InChI is InChI=1S/C13H16N2O2/c1-7-5-10-11(6-8(7)2)17-13(15)9(3-4-14)12(10)16/h5-6H,3-4,14-15H2,1-2H3. The molecule has 2 aromatic rings. The fraction of sp³-hybridized carbons (Fsp3) is 0.308. The normalized spacial score (nSPS) is 11.0. The number of aryl methyl sites for hydroxylation is 2. The maximum atomic E-state index is 12.2. The first kappa shape index (κ1) is 11.7. The third-order valence-corrected chi connectivity index (χ3v) is 3.03. The van der Waals surface area contributed by atoms with E-state index in [1.807, 2.05) is 26.0 Å². The summed E-state index contributed by atoms with van der Waals surface area (Å²) in [6.07, 6.45) is 0.441. The number of hydrogen-bond donors (Lipinski definition) is 2. The number of rotatable bonds is 2. The van der Waals surface area contributed by atoms with E-state index in [0.717, 1.165) is 11.1 Å². The Hall–Kier alpha value is -1.81. The Morgan fingerprint density at radius 2 is 1.88 bits per heavy atom. The van der Waals surface area contributed by atoms with Crippen molar-refractivity contribution in [3.63, 3.8) is 0 Å². The maximum absolute atomic E-state index is 12.2. The largest absolute Gasteiger partial charge is 0.440 e. The topological polar surface area (TPSA) is 82.2 Å². The van der Waals surface area contributed by atoms with Gasteiger partial charge in [0.2, 0.25) is 0 Å². The molecule has 0 bridgehead atoms. The molecule has 0 unspecified atom stereocenters. The number of anilines is 1. The van der Waals surface area contributed by atoms with Crippen molar-refractivity contribution in [3.8, 4) is 0 Å². The minimum atomic E-state index is -0.0719. The van der Waals surface area contributed by atoms with Crippen molar-refractivity contribution in [1.82, 2.24) is 0 Å². The van der Waals surface area contributed by atoms with E-state index >= 15 is 0 Å². The van der Waals surface area contributed by atoms with Crippen LogP contribution < -0.4 is 16.9 Å². The number of nitrogens with two attached hydrogens (primary N) is 2. The molecule has 0 atom stereocenters. The van der Waals surface area contributed by atoms with Gasteiger partial charge in [-0.15, -0.1) is 0 Å². The minimum Gasteiger partial charge on any atom is -0.440 e. The maximum Gasteiger partial charge on any atom is 0.198 e. The van der Waals surface area contributed by atoms with Gasteiger partial charge in [0.15, 0.2) is 11.3 Å². The quantitative estimate of drug-likeness (QED) is 0.821. The lowest BCUT2D eigenvalue weighted by molar-refractivity contribution is 0.615. The van der Waals surface area contributed by atoms with E-state index in [1.54, 1.807) is 0 Å².